The molecule has 1 fully saturated rings. The van der Waals surface area contributed by atoms with E-state index < -0.39 is 0 Å². The van der Waals surface area contributed by atoms with Crippen LogP contribution in [0.25, 0.3) is 11.1 Å². The normalized spacial score (nSPS) is 15.0. The number of fused-ring (bicyclic) bond motifs is 1. The Kier molecular flexibility index (Phi) is 5.74. The van der Waals surface area contributed by atoms with Gasteiger partial charge < -0.3 is 9.32 Å². The van der Waals surface area contributed by atoms with E-state index >= 15 is 0 Å². The predicted octanol–water partition coefficient (Wildman–Crippen LogP) is 4.76. The van der Waals surface area contributed by atoms with Crippen LogP contribution in [0.3, 0.4) is 0 Å². The number of Topliss-reactive ketones (excluding diaryl/α,β-unsaturated/α-hetero) is 1. The van der Waals surface area contributed by atoms with Gasteiger partial charge in [0.2, 0.25) is 5.91 Å². The number of carbonyl (C=O) groups excluding carboxylic acids is 2. The Bertz CT molecular complexity index is 965. The van der Waals surface area contributed by atoms with Crippen molar-refractivity contribution in [1.82, 2.24) is 9.88 Å². The van der Waals surface area contributed by atoms with E-state index in [9.17, 15) is 9.59 Å². The topological polar surface area (TPSA) is 63.4 Å². The monoisotopic (exact) mass is 390 g/mol. The molecule has 0 bridgehead atoms. The van der Waals surface area contributed by atoms with Gasteiger partial charge in [0.05, 0.1) is 0 Å². The van der Waals surface area contributed by atoms with Crippen molar-refractivity contribution in [2.75, 3.05) is 13.1 Å². The molecule has 0 spiro atoms. The molecular formula is C24H26N2O3. The largest absolute Gasteiger partial charge is 0.440 e. The van der Waals surface area contributed by atoms with Crippen LogP contribution in [0.5, 0.6) is 0 Å². The van der Waals surface area contributed by atoms with Gasteiger partial charge in [-0.1, -0.05) is 43.3 Å². The Hall–Kier alpha value is -2.95. The Labute approximate surface area is 170 Å². The maximum absolute atomic E-state index is 12.6. The molecule has 0 saturated carbocycles. The van der Waals surface area contributed by atoms with Gasteiger partial charge in [-0.2, -0.15) is 0 Å². The number of oxazole rings is 1. The van der Waals surface area contributed by atoms with Crippen LogP contribution in [0.15, 0.2) is 52.9 Å². The number of aromatic nitrogens is 1. The number of rotatable bonds is 6. The highest BCUT2D eigenvalue weighted by molar-refractivity contribution is 5.98. The van der Waals surface area contributed by atoms with Gasteiger partial charge in [0.25, 0.3) is 0 Å². The molecule has 0 unspecified atom stereocenters. The van der Waals surface area contributed by atoms with E-state index in [0.717, 1.165) is 36.3 Å². The van der Waals surface area contributed by atoms with Gasteiger partial charge in [-0.05, 0) is 37.0 Å². The molecule has 1 aliphatic rings. The summed E-state index contributed by atoms with van der Waals surface area (Å²) >= 11 is 0. The van der Waals surface area contributed by atoms with Crippen molar-refractivity contribution >= 4 is 22.8 Å². The smallest absolute Gasteiger partial charge is 0.223 e. The Morgan fingerprint density at radius 3 is 2.45 bits per heavy atom. The molecule has 0 radical (unpaired) electrons. The summed E-state index contributed by atoms with van der Waals surface area (Å²) in [5.41, 5.74) is 3.59. The van der Waals surface area contributed by atoms with Crippen LogP contribution in [-0.4, -0.2) is 34.7 Å². The van der Waals surface area contributed by atoms with Crippen molar-refractivity contribution in [3.63, 3.8) is 0 Å². The standard InChI is InChI=1S/C24H26N2O3/c1-2-17-7-9-18(10-8-17)21(27)11-12-23(28)26-15-13-19(14-16-26)24-25-20-5-3-4-6-22(20)29-24/h3-10,19H,2,11-16H2,1H3. The average molecular weight is 390 g/mol. The summed E-state index contributed by atoms with van der Waals surface area (Å²) < 4.78 is 5.89. The lowest BCUT2D eigenvalue weighted by Gasteiger charge is -2.30. The summed E-state index contributed by atoms with van der Waals surface area (Å²) in [6.07, 6.45) is 3.15. The predicted molar refractivity (Wildman–Crippen MR) is 112 cm³/mol. The van der Waals surface area contributed by atoms with E-state index in [1.165, 1.54) is 5.56 Å². The summed E-state index contributed by atoms with van der Waals surface area (Å²) in [7, 11) is 0. The van der Waals surface area contributed by atoms with Gasteiger partial charge >= 0.3 is 0 Å². The van der Waals surface area contributed by atoms with Gasteiger partial charge in [-0.3, -0.25) is 9.59 Å². The van der Waals surface area contributed by atoms with Crippen molar-refractivity contribution in [1.29, 1.82) is 0 Å². The van der Waals surface area contributed by atoms with Crippen molar-refractivity contribution in [3.8, 4) is 0 Å². The molecule has 3 aromatic rings. The highest BCUT2D eigenvalue weighted by Gasteiger charge is 2.27. The van der Waals surface area contributed by atoms with E-state index in [1.54, 1.807) is 0 Å². The van der Waals surface area contributed by atoms with Crippen molar-refractivity contribution in [3.05, 3.63) is 65.5 Å². The molecule has 150 valence electrons. The van der Waals surface area contributed by atoms with Gasteiger partial charge in [0.1, 0.15) is 5.52 Å². The highest BCUT2D eigenvalue weighted by atomic mass is 16.3. The number of para-hydroxylation sites is 2. The zero-order chi connectivity index (χ0) is 20.2. The zero-order valence-electron chi connectivity index (χ0n) is 16.8. The second kappa shape index (κ2) is 8.60. The Morgan fingerprint density at radius 1 is 1.03 bits per heavy atom. The van der Waals surface area contributed by atoms with Crippen molar-refractivity contribution in [2.45, 2.75) is 44.9 Å². The molecule has 4 rings (SSSR count). The van der Waals surface area contributed by atoms with Crippen LogP contribution in [0.2, 0.25) is 0 Å². The summed E-state index contributed by atoms with van der Waals surface area (Å²) in [6, 6.07) is 15.4. The van der Waals surface area contributed by atoms with E-state index in [0.29, 0.717) is 18.7 Å². The van der Waals surface area contributed by atoms with Gasteiger partial charge in [0.15, 0.2) is 17.3 Å². The first-order chi connectivity index (χ1) is 14.1. The molecule has 29 heavy (non-hydrogen) atoms. The highest BCUT2D eigenvalue weighted by Crippen LogP contribution is 2.30. The van der Waals surface area contributed by atoms with Crippen LogP contribution in [0.4, 0.5) is 0 Å². The summed E-state index contributed by atoms with van der Waals surface area (Å²) in [4.78, 5) is 31.4. The second-order valence-corrected chi connectivity index (χ2v) is 7.65. The summed E-state index contributed by atoms with van der Waals surface area (Å²) in [5.74, 6) is 1.09. The van der Waals surface area contributed by atoms with Gasteiger partial charge in [-0.25, -0.2) is 4.98 Å². The molecule has 5 heteroatoms. The molecule has 1 aliphatic heterocycles. The third-order valence-electron chi connectivity index (χ3n) is 5.76. The minimum Gasteiger partial charge on any atom is -0.440 e. The number of benzene rings is 2. The number of hydrogen-bond acceptors (Lipinski definition) is 4. The fourth-order valence-electron chi connectivity index (χ4n) is 3.89. The number of piperidine rings is 1. The van der Waals surface area contributed by atoms with E-state index in [2.05, 4.69) is 11.9 Å². The Balaban J connectivity index is 1.27. The third-order valence-corrected chi connectivity index (χ3v) is 5.76. The minimum atomic E-state index is 0.0300. The first-order valence-corrected chi connectivity index (χ1v) is 10.4. The molecule has 1 saturated heterocycles. The molecule has 0 N–H and O–H groups in total. The number of nitrogens with zero attached hydrogens (tertiary/aromatic N) is 2. The number of hydrogen-bond donors (Lipinski definition) is 0. The van der Waals surface area contributed by atoms with E-state index in [1.807, 2.05) is 53.4 Å². The lowest BCUT2D eigenvalue weighted by Crippen LogP contribution is -2.38. The first-order valence-electron chi connectivity index (χ1n) is 10.4. The van der Waals surface area contributed by atoms with E-state index in [-0.39, 0.29) is 30.4 Å². The molecular weight excluding hydrogens is 364 g/mol. The number of ketones is 1. The Morgan fingerprint density at radius 2 is 1.76 bits per heavy atom. The van der Waals surface area contributed by atoms with Crippen LogP contribution in [0.1, 0.15) is 60.3 Å². The SMILES string of the molecule is CCc1ccc(C(=O)CCC(=O)N2CCC(c3nc4ccccc4o3)CC2)cc1. The molecule has 1 aromatic heterocycles. The first kappa shape index (κ1) is 19.4. The molecule has 5 nitrogen and oxygen atoms in total. The number of aryl methyl sites for hydroxylation is 1. The lowest BCUT2D eigenvalue weighted by molar-refractivity contribution is -0.132. The molecule has 0 atom stereocenters. The molecule has 0 aliphatic carbocycles. The molecule has 1 amide bonds. The fraction of sp³-hybridized carbons (Fsp3) is 0.375. The summed E-state index contributed by atoms with van der Waals surface area (Å²) in [5, 5.41) is 0. The maximum atomic E-state index is 12.6. The van der Waals surface area contributed by atoms with Gasteiger partial charge in [0, 0.05) is 37.4 Å². The lowest BCUT2D eigenvalue weighted by atomic mass is 9.96. The minimum absolute atomic E-state index is 0.0300. The van der Waals surface area contributed by atoms with E-state index in [4.69, 9.17) is 4.42 Å². The van der Waals surface area contributed by atoms with Crippen LogP contribution in [0, 0.1) is 0 Å². The molecule has 2 aromatic carbocycles. The quantitative estimate of drug-likeness (QED) is 0.569. The number of amides is 1. The summed E-state index contributed by atoms with van der Waals surface area (Å²) in [6.45, 7) is 3.45. The van der Waals surface area contributed by atoms with Crippen molar-refractivity contribution < 1.29 is 14.0 Å². The van der Waals surface area contributed by atoms with Gasteiger partial charge in [-0.15, -0.1) is 0 Å². The number of likely N-dealkylation sites (tertiary alicyclic amines) is 1. The third kappa shape index (κ3) is 4.39. The zero-order valence-corrected chi connectivity index (χ0v) is 16.8. The number of carbonyl (C=O) groups is 2. The van der Waals surface area contributed by atoms with Crippen molar-refractivity contribution in [2.24, 2.45) is 0 Å². The van der Waals surface area contributed by atoms with Crippen LogP contribution >= 0.6 is 0 Å². The molecule has 2 heterocycles. The second-order valence-electron chi connectivity index (χ2n) is 7.65. The van der Waals surface area contributed by atoms with Crippen LogP contribution < -0.4 is 0 Å². The fourth-order valence-corrected chi connectivity index (χ4v) is 3.89. The maximum Gasteiger partial charge on any atom is 0.223 e. The van der Waals surface area contributed by atoms with Crippen LogP contribution in [-0.2, 0) is 11.2 Å². The average Bonchev–Trinajstić information content (AvgIpc) is 3.22.